The zero-order valence-corrected chi connectivity index (χ0v) is 8.96. The first-order chi connectivity index (χ1) is 5.65. The van der Waals surface area contributed by atoms with Gasteiger partial charge in [0.2, 0.25) is 0 Å². The molecule has 0 aromatic rings. The Morgan fingerprint density at radius 2 is 2.33 bits per heavy atom. The lowest BCUT2D eigenvalue weighted by Gasteiger charge is -2.16. The quantitative estimate of drug-likeness (QED) is 0.605. The van der Waals surface area contributed by atoms with Crippen LogP contribution in [0.1, 0.15) is 6.42 Å². The molecule has 70 valence electrons. The van der Waals surface area contributed by atoms with Crippen molar-refractivity contribution in [3.63, 3.8) is 0 Å². The van der Waals surface area contributed by atoms with Crippen molar-refractivity contribution in [3.05, 3.63) is 11.1 Å². The first kappa shape index (κ1) is 9.82. The second kappa shape index (κ2) is 4.11. The molecule has 1 rings (SSSR count). The number of nitrogens with one attached hydrogen (secondary N) is 1. The zero-order chi connectivity index (χ0) is 9.14. The van der Waals surface area contributed by atoms with E-state index in [1.54, 1.807) is 0 Å². The molecule has 1 heterocycles. The molecule has 0 saturated carbocycles. The molecule has 1 fully saturated rings. The summed E-state index contributed by atoms with van der Waals surface area (Å²) in [4.78, 5) is 2.33. The third kappa shape index (κ3) is 2.11. The molecule has 12 heavy (non-hydrogen) atoms. The second-order valence-corrected chi connectivity index (χ2v) is 3.99. The molecule has 2 unspecified atom stereocenters. The maximum Gasteiger partial charge on any atom is 0.0449 e. The molecular formula is C8H18N3P. The van der Waals surface area contributed by atoms with Crippen LogP contribution in [-0.4, -0.2) is 32.1 Å². The smallest absolute Gasteiger partial charge is 0.0449 e. The molecule has 1 aliphatic rings. The Morgan fingerprint density at radius 1 is 1.67 bits per heavy atom. The Balaban J connectivity index is 2.63. The van der Waals surface area contributed by atoms with Gasteiger partial charge in [0.1, 0.15) is 0 Å². The lowest BCUT2D eigenvalue weighted by molar-refractivity contribution is 0.402. The molecule has 4 heteroatoms. The fourth-order valence-corrected chi connectivity index (χ4v) is 2.13. The number of rotatable bonds is 2. The highest BCUT2D eigenvalue weighted by Gasteiger charge is 2.23. The van der Waals surface area contributed by atoms with Gasteiger partial charge in [-0.2, -0.15) is 0 Å². The number of hydrogen-bond acceptors (Lipinski definition) is 3. The molecule has 2 atom stereocenters. The molecule has 1 saturated heterocycles. The first-order valence-electron chi connectivity index (χ1n) is 4.26. The van der Waals surface area contributed by atoms with Gasteiger partial charge in [0.25, 0.3) is 0 Å². The van der Waals surface area contributed by atoms with Gasteiger partial charge >= 0.3 is 0 Å². The van der Waals surface area contributed by atoms with Crippen LogP contribution in [-0.2, 0) is 0 Å². The van der Waals surface area contributed by atoms with Gasteiger partial charge in [0, 0.05) is 30.6 Å². The molecular weight excluding hydrogens is 169 g/mol. The van der Waals surface area contributed by atoms with E-state index < -0.39 is 0 Å². The predicted molar refractivity (Wildman–Crippen MR) is 55.6 cm³/mol. The van der Waals surface area contributed by atoms with E-state index >= 15 is 0 Å². The summed E-state index contributed by atoms with van der Waals surface area (Å²) in [6.07, 6.45) is 1.21. The van der Waals surface area contributed by atoms with E-state index in [-0.39, 0.29) is 0 Å². The summed E-state index contributed by atoms with van der Waals surface area (Å²) in [6.45, 7) is 2.29. The van der Waals surface area contributed by atoms with Crippen LogP contribution < -0.4 is 11.1 Å². The van der Waals surface area contributed by atoms with Crippen molar-refractivity contribution in [1.82, 2.24) is 10.2 Å². The third-order valence-electron chi connectivity index (χ3n) is 2.38. The van der Waals surface area contributed by atoms with Crippen LogP contribution in [0.5, 0.6) is 0 Å². The Bertz CT molecular complexity index is 187. The predicted octanol–water partition coefficient (Wildman–Crippen LogP) is 0.160. The van der Waals surface area contributed by atoms with E-state index in [1.807, 2.05) is 7.05 Å². The number of nitrogens with zero attached hydrogens (tertiary/aromatic N) is 1. The average Bonchev–Trinajstić information content (AvgIpc) is 2.37. The zero-order valence-electron chi connectivity index (χ0n) is 7.80. The minimum Gasteiger partial charge on any atom is -0.397 e. The molecule has 0 aromatic carbocycles. The minimum absolute atomic E-state index is 0.595. The van der Waals surface area contributed by atoms with Crippen molar-refractivity contribution in [2.75, 3.05) is 27.2 Å². The second-order valence-electron chi connectivity index (χ2n) is 3.37. The normalized spacial score (nSPS) is 27.1. The lowest BCUT2D eigenvalue weighted by atomic mass is 10.1. The van der Waals surface area contributed by atoms with Gasteiger partial charge in [-0.25, -0.2) is 0 Å². The van der Waals surface area contributed by atoms with Crippen molar-refractivity contribution in [2.24, 2.45) is 11.7 Å². The number of nitrogens with two attached hydrogens (primary N) is 1. The lowest BCUT2D eigenvalue weighted by Crippen LogP contribution is -2.22. The summed E-state index contributed by atoms with van der Waals surface area (Å²) >= 11 is 0. The van der Waals surface area contributed by atoms with E-state index in [2.05, 4.69) is 26.5 Å². The van der Waals surface area contributed by atoms with Crippen LogP contribution in [0.4, 0.5) is 0 Å². The number of likely N-dealkylation sites (tertiary alicyclic amines) is 1. The van der Waals surface area contributed by atoms with Crippen molar-refractivity contribution in [2.45, 2.75) is 6.42 Å². The van der Waals surface area contributed by atoms with Crippen molar-refractivity contribution in [3.8, 4) is 0 Å². The van der Waals surface area contributed by atoms with E-state index in [0.29, 0.717) is 5.92 Å². The van der Waals surface area contributed by atoms with Gasteiger partial charge in [-0.1, -0.05) is 9.24 Å². The molecule has 1 aliphatic heterocycles. The standard InChI is InChI=1S/C8H18N3P/c1-10-7(8(9)12)6-3-4-11(2)5-6/h6,10H,3-5,9,12H2,1-2H3/b8-7-. The van der Waals surface area contributed by atoms with Crippen molar-refractivity contribution >= 4 is 9.24 Å². The van der Waals surface area contributed by atoms with Crippen LogP contribution in [0, 0.1) is 5.92 Å². The van der Waals surface area contributed by atoms with Crippen LogP contribution >= 0.6 is 9.24 Å². The van der Waals surface area contributed by atoms with E-state index in [1.165, 1.54) is 18.7 Å². The van der Waals surface area contributed by atoms with Crippen LogP contribution in [0.3, 0.4) is 0 Å². The number of hydrogen-bond donors (Lipinski definition) is 2. The first-order valence-corrected chi connectivity index (χ1v) is 4.84. The Labute approximate surface area is 76.6 Å². The molecule has 0 aromatic heterocycles. The van der Waals surface area contributed by atoms with Crippen molar-refractivity contribution in [1.29, 1.82) is 0 Å². The van der Waals surface area contributed by atoms with Crippen LogP contribution in [0.2, 0.25) is 0 Å². The highest BCUT2D eigenvalue weighted by atomic mass is 31.0. The molecule has 0 bridgehead atoms. The summed E-state index contributed by atoms with van der Waals surface area (Å²) in [6, 6.07) is 0. The van der Waals surface area contributed by atoms with Gasteiger partial charge < -0.3 is 16.0 Å². The third-order valence-corrected chi connectivity index (χ3v) is 2.69. The molecule has 0 radical (unpaired) electrons. The molecule has 0 amide bonds. The summed E-state index contributed by atoms with van der Waals surface area (Å²) < 4.78 is 0. The van der Waals surface area contributed by atoms with E-state index in [4.69, 9.17) is 5.73 Å². The summed E-state index contributed by atoms with van der Waals surface area (Å²) in [7, 11) is 6.64. The fourth-order valence-electron chi connectivity index (χ4n) is 1.75. The van der Waals surface area contributed by atoms with Crippen LogP contribution in [0.25, 0.3) is 0 Å². The fraction of sp³-hybridized carbons (Fsp3) is 0.750. The van der Waals surface area contributed by atoms with Gasteiger partial charge in [0.15, 0.2) is 0 Å². The van der Waals surface area contributed by atoms with Gasteiger partial charge in [-0.15, -0.1) is 0 Å². The van der Waals surface area contributed by atoms with Gasteiger partial charge in [-0.3, -0.25) is 0 Å². The molecule has 3 N–H and O–H groups in total. The summed E-state index contributed by atoms with van der Waals surface area (Å²) in [5, 5.41) is 3.17. The SMILES string of the molecule is CN/C(=C(/N)P)C1CCN(C)C1. The molecule has 0 aliphatic carbocycles. The van der Waals surface area contributed by atoms with Crippen LogP contribution in [0.15, 0.2) is 11.1 Å². The van der Waals surface area contributed by atoms with Crippen molar-refractivity contribution < 1.29 is 0 Å². The Morgan fingerprint density at radius 3 is 2.67 bits per heavy atom. The minimum atomic E-state index is 0.595. The maximum atomic E-state index is 5.73. The topological polar surface area (TPSA) is 41.3 Å². The van der Waals surface area contributed by atoms with Gasteiger partial charge in [0.05, 0.1) is 0 Å². The molecule has 3 nitrogen and oxygen atoms in total. The monoisotopic (exact) mass is 187 g/mol. The molecule has 0 spiro atoms. The van der Waals surface area contributed by atoms with E-state index in [9.17, 15) is 0 Å². The van der Waals surface area contributed by atoms with Gasteiger partial charge in [-0.05, 0) is 20.0 Å². The Hall–Kier alpha value is -0.270. The summed E-state index contributed by atoms with van der Waals surface area (Å²) in [5.74, 6) is 0.595. The van der Waals surface area contributed by atoms with E-state index in [0.717, 1.165) is 12.0 Å². The largest absolute Gasteiger partial charge is 0.397 e. The summed E-state index contributed by atoms with van der Waals surface area (Å²) in [5.41, 5.74) is 7.76. The maximum absolute atomic E-state index is 5.73. The average molecular weight is 187 g/mol. The Kier molecular flexibility index (Phi) is 3.36. The highest BCUT2D eigenvalue weighted by molar-refractivity contribution is 7.22. The highest BCUT2D eigenvalue weighted by Crippen LogP contribution is 2.23.